The van der Waals surface area contributed by atoms with E-state index in [1.807, 2.05) is 19.1 Å². The van der Waals surface area contributed by atoms with Crippen LogP contribution in [0, 0.1) is 6.92 Å². The summed E-state index contributed by atoms with van der Waals surface area (Å²) < 4.78 is 1.70. The van der Waals surface area contributed by atoms with Gasteiger partial charge in [0.05, 0.1) is 11.2 Å². The predicted octanol–water partition coefficient (Wildman–Crippen LogP) is 2.39. The lowest BCUT2D eigenvalue weighted by atomic mass is 10.0. The molecule has 0 spiro atoms. The van der Waals surface area contributed by atoms with Crippen LogP contribution < -0.4 is 11.2 Å². The molecular formula is C14H16ClN3O. The van der Waals surface area contributed by atoms with Crippen molar-refractivity contribution < 1.29 is 0 Å². The van der Waals surface area contributed by atoms with Crippen molar-refractivity contribution in [2.75, 3.05) is 0 Å². The molecule has 2 aromatic rings. The molecule has 1 heterocycles. The number of halogens is 1. The number of benzene rings is 1. The zero-order chi connectivity index (χ0) is 14.2. The van der Waals surface area contributed by atoms with Crippen LogP contribution in [0.4, 0.5) is 0 Å². The Kier molecular flexibility index (Phi) is 3.47. The fourth-order valence-corrected chi connectivity index (χ4v) is 1.96. The second kappa shape index (κ2) is 4.79. The zero-order valence-electron chi connectivity index (χ0n) is 11.1. The second-order valence-corrected chi connectivity index (χ2v) is 5.54. The molecular weight excluding hydrogens is 262 g/mol. The predicted molar refractivity (Wildman–Crippen MR) is 76.8 cm³/mol. The Morgan fingerprint density at radius 2 is 1.84 bits per heavy atom. The molecule has 1 aromatic carbocycles. The topological polar surface area (TPSA) is 60.9 Å². The molecule has 19 heavy (non-hydrogen) atoms. The largest absolute Gasteiger partial charge is 0.320 e. The van der Waals surface area contributed by atoms with E-state index < -0.39 is 5.54 Å². The normalized spacial score (nSPS) is 11.6. The maximum atomic E-state index is 11.9. The fraction of sp³-hybridized carbons (Fsp3) is 0.286. The Balaban J connectivity index is 2.64. The van der Waals surface area contributed by atoms with Crippen LogP contribution in [-0.2, 0) is 5.54 Å². The van der Waals surface area contributed by atoms with Gasteiger partial charge in [0, 0.05) is 16.8 Å². The number of hydrogen-bond donors (Lipinski definition) is 1. The maximum absolute atomic E-state index is 11.9. The summed E-state index contributed by atoms with van der Waals surface area (Å²) in [5, 5.41) is 5.03. The first-order valence-corrected chi connectivity index (χ1v) is 6.33. The average Bonchev–Trinajstić information content (AvgIpc) is 2.29. The van der Waals surface area contributed by atoms with Gasteiger partial charge in [0.1, 0.15) is 5.69 Å². The van der Waals surface area contributed by atoms with E-state index in [4.69, 9.17) is 17.3 Å². The van der Waals surface area contributed by atoms with Crippen molar-refractivity contribution in [3.05, 3.63) is 57.0 Å². The molecule has 4 nitrogen and oxygen atoms in total. The smallest absolute Gasteiger partial charge is 0.205 e. The van der Waals surface area contributed by atoms with Gasteiger partial charge in [0.2, 0.25) is 5.43 Å². The van der Waals surface area contributed by atoms with Gasteiger partial charge < -0.3 is 5.73 Å². The molecule has 0 amide bonds. The summed E-state index contributed by atoms with van der Waals surface area (Å²) in [7, 11) is 0. The van der Waals surface area contributed by atoms with Crippen LogP contribution in [-0.4, -0.2) is 9.78 Å². The number of aromatic nitrogens is 2. The number of hydrogen-bond acceptors (Lipinski definition) is 3. The molecule has 5 heteroatoms. The third-order valence-electron chi connectivity index (χ3n) is 2.79. The van der Waals surface area contributed by atoms with Crippen molar-refractivity contribution in [3.8, 4) is 5.69 Å². The minimum atomic E-state index is -0.779. The van der Waals surface area contributed by atoms with E-state index in [1.165, 1.54) is 0 Å². The zero-order valence-corrected chi connectivity index (χ0v) is 11.9. The van der Waals surface area contributed by atoms with E-state index in [1.54, 1.807) is 36.7 Å². The standard InChI is InChI=1S/C14H16ClN3O/c1-9-8-12(19)13(14(2,3)16)17-18(9)11-6-4-10(15)5-7-11/h4-8H,16H2,1-3H3. The van der Waals surface area contributed by atoms with Gasteiger partial charge in [-0.2, -0.15) is 5.10 Å². The molecule has 0 radical (unpaired) electrons. The minimum Gasteiger partial charge on any atom is -0.320 e. The molecule has 0 aliphatic rings. The maximum Gasteiger partial charge on any atom is 0.205 e. The van der Waals surface area contributed by atoms with E-state index >= 15 is 0 Å². The van der Waals surface area contributed by atoms with Crippen molar-refractivity contribution in [1.29, 1.82) is 0 Å². The Bertz CT molecular complexity index is 654. The average molecular weight is 278 g/mol. The van der Waals surface area contributed by atoms with Crippen LogP contribution in [0.2, 0.25) is 5.02 Å². The summed E-state index contributed by atoms with van der Waals surface area (Å²) in [6.45, 7) is 5.35. The second-order valence-electron chi connectivity index (χ2n) is 5.11. The summed E-state index contributed by atoms with van der Waals surface area (Å²) >= 11 is 5.87. The van der Waals surface area contributed by atoms with E-state index in [2.05, 4.69) is 5.10 Å². The van der Waals surface area contributed by atoms with Gasteiger partial charge in [-0.05, 0) is 45.0 Å². The molecule has 0 unspecified atom stereocenters. The molecule has 0 saturated carbocycles. The highest BCUT2D eigenvalue weighted by molar-refractivity contribution is 6.30. The van der Waals surface area contributed by atoms with Crippen LogP contribution in [0.15, 0.2) is 35.1 Å². The lowest BCUT2D eigenvalue weighted by molar-refractivity contribution is 0.510. The Labute approximate surface area is 116 Å². The summed E-state index contributed by atoms with van der Waals surface area (Å²) in [4.78, 5) is 11.9. The van der Waals surface area contributed by atoms with Gasteiger partial charge in [-0.25, -0.2) is 4.68 Å². The Morgan fingerprint density at radius 1 is 1.26 bits per heavy atom. The summed E-state index contributed by atoms with van der Waals surface area (Å²) in [5.41, 5.74) is 6.99. The van der Waals surface area contributed by atoms with Crippen molar-refractivity contribution in [2.24, 2.45) is 5.73 Å². The molecule has 0 aliphatic heterocycles. The van der Waals surface area contributed by atoms with Crippen LogP contribution in [0.25, 0.3) is 5.69 Å². The van der Waals surface area contributed by atoms with E-state index in [0.717, 1.165) is 11.4 Å². The number of nitrogens with zero attached hydrogens (tertiary/aromatic N) is 2. The van der Waals surface area contributed by atoms with Gasteiger partial charge in [-0.15, -0.1) is 0 Å². The first-order chi connectivity index (χ1) is 8.79. The van der Waals surface area contributed by atoms with Crippen molar-refractivity contribution in [3.63, 3.8) is 0 Å². The van der Waals surface area contributed by atoms with Crippen LogP contribution in [0.5, 0.6) is 0 Å². The Hall–Kier alpha value is -1.65. The number of aryl methyl sites for hydroxylation is 1. The van der Waals surface area contributed by atoms with Crippen LogP contribution in [0.3, 0.4) is 0 Å². The summed E-state index contributed by atoms with van der Waals surface area (Å²) in [6.07, 6.45) is 0. The molecule has 100 valence electrons. The van der Waals surface area contributed by atoms with E-state index in [-0.39, 0.29) is 5.43 Å². The summed E-state index contributed by atoms with van der Waals surface area (Å²) in [6, 6.07) is 8.80. The van der Waals surface area contributed by atoms with Gasteiger partial charge in [0.15, 0.2) is 0 Å². The highest BCUT2D eigenvalue weighted by Gasteiger charge is 2.21. The van der Waals surface area contributed by atoms with Crippen LogP contribution >= 0.6 is 11.6 Å². The first kappa shape index (κ1) is 13.8. The molecule has 0 aliphatic carbocycles. The minimum absolute atomic E-state index is 0.143. The van der Waals surface area contributed by atoms with E-state index in [0.29, 0.717) is 10.7 Å². The molecule has 0 bridgehead atoms. The molecule has 2 N–H and O–H groups in total. The molecule has 0 saturated heterocycles. The fourth-order valence-electron chi connectivity index (χ4n) is 1.84. The highest BCUT2D eigenvalue weighted by atomic mass is 35.5. The molecule has 0 fully saturated rings. The Morgan fingerprint density at radius 3 is 2.37 bits per heavy atom. The molecule has 0 atom stereocenters. The number of nitrogens with two attached hydrogens (primary N) is 1. The first-order valence-electron chi connectivity index (χ1n) is 5.95. The SMILES string of the molecule is Cc1cc(=O)c(C(C)(C)N)nn1-c1ccc(Cl)cc1. The lowest BCUT2D eigenvalue weighted by Gasteiger charge is -2.19. The van der Waals surface area contributed by atoms with Crippen molar-refractivity contribution in [1.82, 2.24) is 9.78 Å². The highest BCUT2D eigenvalue weighted by Crippen LogP contribution is 2.16. The van der Waals surface area contributed by atoms with Gasteiger partial charge >= 0.3 is 0 Å². The monoisotopic (exact) mass is 277 g/mol. The van der Waals surface area contributed by atoms with Crippen molar-refractivity contribution in [2.45, 2.75) is 26.3 Å². The quantitative estimate of drug-likeness (QED) is 0.917. The van der Waals surface area contributed by atoms with E-state index in [9.17, 15) is 4.79 Å². The number of rotatable bonds is 2. The van der Waals surface area contributed by atoms with Crippen LogP contribution in [0.1, 0.15) is 25.2 Å². The van der Waals surface area contributed by atoms with Gasteiger partial charge in [0.25, 0.3) is 0 Å². The third-order valence-corrected chi connectivity index (χ3v) is 3.04. The van der Waals surface area contributed by atoms with Gasteiger partial charge in [-0.3, -0.25) is 4.79 Å². The lowest BCUT2D eigenvalue weighted by Crippen LogP contribution is -2.37. The summed E-state index contributed by atoms with van der Waals surface area (Å²) in [5.74, 6) is 0. The van der Waals surface area contributed by atoms with Gasteiger partial charge in [-0.1, -0.05) is 11.6 Å². The molecule has 1 aromatic heterocycles. The van der Waals surface area contributed by atoms with Crippen molar-refractivity contribution >= 4 is 11.6 Å². The molecule has 2 rings (SSSR count). The third kappa shape index (κ3) is 2.85.